The third-order valence-corrected chi connectivity index (χ3v) is 5.03. The van der Waals surface area contributed by atoms with Crippen LogP contribution in [0.2, 0.25) is 0 Å². The van der Waals surface area contributed by atoms with Crippen LogP contribution in [0.25, 0.3) is 17.1 Å². The van der Waals surface area contributed by atoms with E-state index in [0.717, 1.165) is 16.5 Å². The van der Waals surface area contributed by atoms with Crippen LogP contribution in [0.5, 0.6) is 0 Å². The molecule has 5 rings (SSSR count). The number of allylic oxidation sites excluding steroid dienone is 1. The summed E-state index contributed by atoms with van der Waals surface area (Å²) in [4.78, 5) is 31.9. The minimum Gasteiger partial charge on any atom is -0.477 e. The minimum atomic E-state index is -1.30. The van der Waals surface area contributed by atoms with Crippen molar-refractivity contribution < 1.29 is 19.4 Å². The molecule has 3 aromatic rings. The molecule has 0 bridgehead atoms. The van der Waals surface area contributed by atoms with E-state index in [-0.39, 0.29) is 17.1 Å². The van der Waals surface area contributed by atoms with E-state index in [1.54, 1.807) is 24.5 Å². The predicted octanol–water partition coefficient (Wildman–Crippen LogP) is 2.69. The average Bonchev–Trinajstić information content (AvgIpc) is 3.38. The van der Waals surface area contributed by atoms with Crippen molar-refractivity contribution in [3.8, 4) is 0 Å². The maximum atomic E-state index is 12.8. The first-order valence-corrected chi connectivity index (χ1v) is 8.78. The molecular formula is C21H15N3O4. The molecule has 0 radical (unpaired) electrons. The average molecular weight is 373 g/mol. The molecule has 0 amide bonds. The number of carboxylic acids is 1. The van der Waals surface area contributed by atoms with Gasteiger partial charge in [0.05, 0.1) is 6.04 Å². The summed E-state index contributed by atoms with van der Waals surface area (Å²) >= 11 is 0. The second-order valence-corrected chi connectivity index (χ2v) is 6.64. The van der Waals surface area contributed by atoms with Gasteiger partial charge in [-0.25, -0.2) is 9.78 Å². The van der Waals surface area contributed by atoms with Crippen LogP contribution >= 0.6 is 0 Å². The van der Waals surface area contributed by atoms with Crippen LogP contribution in [0.15, 0.2) is 65.9 Å². The van der Waals surface area contributed by atoms with E-state index < -0.39 is 17.8 Å². The molecule has 0 saturated carbocycles. The molecule has 7 heteroatoms. The third kappa shape index (κ3) is 2.44. The number of fused-ring (bicyclic) bond motifs is 2. The van der Waals surface area contributed by atoms with Crippen molar-refractivity contribution in [1.29, 1.82) is 0 Å². The SMILES string of the molecule is O=C(O)C1=C(C2NCc3ccccc32)OC(=Cc2c[nH]c3ncccc23)C1=O. The summed E-state index contributed by atoms with van der Waals surface area (Å²) < 4.78 is 5.82. The third-order valence-electron chi connectivity index (χ3n) is 5.03. The highest BCUT2D eigenvalue weighted by Crippen LogP contribution is 2.39. The predicted molar refractivity (Wildman–Crippen MR) is 101 cm³/mol. The first-order valence-electron chi connectivity index (χ1n) is 8.78. The summed E-state index contributed by atoms with van der Waals surface area (Å²) in [5.74, 6) is -1.81. The van der Waals surface area contributed by atoms with Crippen LogP contribution in [-0.4, -0.2) is 26.8 Å². The Bertz CT molecular complexity index is 1210. The zero-order chi connectivity index (χ0) is 19.3. The number of aromatic nitrogens is 2. The number of hydrogen-bond acceptors (Lipinski definition) is 5. The number of carboxylic acid groups (broad SMARTS) is 1. The molecule has 3 N–H and O–H groups in total. The Morgan fingerprint density at radius 1 is 1.25 bits per heavy atom. The standard InChI is InChI=1S/C21H15N3O4/c25-18-15(8-12-10-24-20-14(12)6-3-7-22-20)28-19(16(18)21(26)27)17-13-5-2-1-4-11(13)9-23-17/h1-8,10,17,23H,9H2,(H,22,24)(H,26,27). The second-order valence-electron chi connectivity index (χ2n) is 6.64. The Morgan fingerprint density at radius 3 is 2.96 bits per heavy atom. The molecule has 1 aromatic carbocycles. The molecule has 0 aliphatic carbocycles. The van der Waals surface area contributed by atoms with Gasteiger partial charge in [-0.05, 0) is 29.3 Å². The van der Waals surface area contributed by atoms with Gasteiger partial charge in [-0.1, -0.05) is 24.3 Å². The fraction of sp³-hybridized carbons (Fsp3) is 0.0952. The molecule has 2 aliphatic rings. The van der Waals surface area contributed by atoms with Gasteiger partial charge in [0.15, 0.2) is 11.3 Å². The molecule has 0 spiro atoms. The van der Waals surface area contributed by atoms with E-state index in [2.05, 4.69) is 15.3 Å². The number of rotatable bonds is 3. The van der Waals surface area contributed by atoms with Gasteiger partial charge < -0.3 is 14.8 Å². The fourth-order valence-corrected chi connectivity index (χ4v) is 3.72. The summed E-state index contributed by atoms with van der Waals surface area (Å²) in [5.41, 5.74) is 3.02. The van der Waals surface area contributed by atoms with Crippen molar-refractivity contribution in [1.82, 2.24) is 15.3 Å². The van der Waals surface area contributed by atoms with Gasteiger partial charge in [0, 0.05) is 29.9 Å². The highest BCUT2D eigenvalue weighted by Gasteiger charge is 2.41. The monoisotopic (exact) mass is 373 g/mol. The van der Waals surface area contributed by atoms with Crippen LogP contribution in [0.3, 0.4) is 0 Å². The first-order chi connectivity index (χ1) is 13.6. The number of aliphatic carboxylic acids is 1. The number of hydrogen-bond donors (Lipinski definition) is 3. The Hall–Kier alpha value is -3.71. The summed E-state index contributed by atoms with van der Waals surface area (Å²) in [5, 5.41) is 13.7. The molecule has 7 nitrogen and oxygen atoms in total. The zero-order valence-electron chi connectivity index (χ0n) is 14.6. The normalized spacial score (nSPS) is 20.1. The summed E-state index contributed by atoms with van der Waals surface area (Å²) in [6.45, 7) is 0.585. The summed E-state index contributed by atoms with van der Waals surface area (Å²) in [7, 11) is 0. The number of ketones is 1. The van der Waals surface area contributed by atoms with Gasteiger partial charge in [-0.15, -0.1) is 0 Å². The van der Waals surface area contributed by atoms with E-state index in [0.29, 0.717) is 17.8 Å². The van der Waals surface area contributed by atoms with E-state index in [1.807, 2.05) is 30.3 Å². The molecule has 1 atom stereocenters. The van der Waals surface area contributed by atoms with Crippen molar-refractivity contribution >= 4 is 28.9 Å². The number of carbonyl (C=O) groups excluding carboxylic acids is 1. The quantitative estimate of drug-likeness (QED) is 0.482. The van der Waals surface area contributed by atoms with E-state index in [4.69, 9.17) is 4.74 Å². The van der Waals surface area contributed by atoms with Gasteiger partial charge in [0.2, 0.25) is 5.78 Å². The first kappa shape index (κ1) is 16.5. The van der Waals surface area contributed by atoms with Gasteiger partial charge in [0.25, 0.3) is 0 Å². The van der Waals surface area contributed by atoms with Crippen LogP contribution in [0.1, 0.15) is 22.7 Å². The maximum absolute atomic E-state index is 12.8. The van der Waals surface area contributed by atoms with E-state index >= 15 is 0 Å². The van der Waals surface area contributed by atoms with Crippen molar-refractivity contribution in [3.63, 3.8) is 0 Å². The summed E-state index contributed by atoms with van der Waals surface area (Å²) in [6, 6.07) is 10.9. The van der Waals surface area contributed by atoms with Gasteiger partial charge in [-0.2, -0.15) is 0 Å². The molecule has 2 aromatic heterocycles. The Balaban J connectivity index is 1.57. The van der Waals surface area contributed by atoms with Crippen molar-refractivity contribution in [2.24, 2.45) is 0 Å². The van der Waals surface area contributed by atoms with Crippen molar-refractivity contribution in [2.75, 3.05) is 0 Å². The minimum absolute atomic E-state index is 0.0108. The van der Waals surface area contributed by atoms with Gasteiger partial charge in [-0.3, -0.25) is 10.1 Å². The Morgan fingerprint density at radius 2 is 2.11 bits per heavy atom. The van der Waals surface area contributed by atoms with Gasteiger partial charge >= 0.3 is 5.97 Å². The number of nitrogens with one attached hydrogen (secondary N) is 2. The number of ether oxygens (including phenoxy) is 1. The number of pyridine rings is 1. The van der Waals surface area contributed by atoms with Crippen LogP contribution in [0, 0.1) is 0 Å². The number of Topliss-reactive ketones (excluding diaryl/α,β-unsaturated/α-hetero) is 1. The molecule has 1 unspecified atom stereocenters. The second kappa shape index (κ2) is 6.17. The molecule has 28 heavy (non-hydrogen) atoms. The molecule has 138 valence electrons. The number of nitrogens with zero attached hydrogens (tertiary/aromatic N) is 1. The number of benzene rings is 1. The molecule has 0 fully saturated rings. The lowest BCUT2D eigenvalue weighted by atomic mass is 10.0. The van der Waals surface area contributed by atoms with Crippen LogP contribution < -0.4 is 5.32 Å². The van der Waals surface area contributed by atoms with Crippen molar-refractivity contribution in [2.45, 2.75) is 12.6 Å². The zero-order valence-corrected chi connectivity index (χ0v) is 14.6. The highest BCUT2D eigenvalue weighted by atomic mass is 16.5. The van der Waals surface area contributed by atoms with Gasteiger partial charge in [0.1, 0.15) is 11.4 Å². The Kier molecular flexibility index (Phi) is 3.63. The molecule has 4 heterocycles. The van der Waals surface area contributed by atoms with Crippen LogP contribution in [0.4, 0.5) is 0 Å². The summed E-state index contributed by atoms with van der Waals surface area (Å²) in [6.07, 6.45) is 4.93. The lowest BCUT2D eigenvalue weighted by molar-refractivity contribution is -0.134. The van der Waals surface area contributed by atoms with E-state index in [9.17, 15) is 14.7 Å². The molecule has 0 saturated heterocycles. The topological polar surface area (TPSA) is 104 Å². The number of H-pyrrole nitrogens is 1. The Labute approximate surface area is 159 Å². The molecular weight excluding hydrogens is 358 g/mol. The largest absolute Gasteiger partial charge is 0.477 e. The number of aromatic amines is 1. The highest BCUT2D eigenvalue weighted by molar-refractivity contribution is 6.26. The fourth-order valence-electron chi connectivity index (χ4n) is 3.72. The van der Waals surface area contributed by atoms with Crippen molar-refractivity contribution in [3.05, 3.63) is 82.6 Å². The van der Waals surface area contributed by atoms with E-state index in [1.165, 1.54) is 0 Å². The number of carbonyl (C=O) groups is 2. The maximum Gasteiger partial charge on any atom is 0.343 e. The lowest BCUT2D eigenvalue weighted by Gasteiger charge is -2.14. The molecule has 2 aliphatic heterocycles. The smallest absolute Gasteiger partial charge is 0.343 e. The lowest BCUT2D eigenvalue weighted by Crippen LogP contribution is -2.18. The van der Waals surface area contributed by atoms with Crippen LogP contribution in [-0.2, 0) is 20.9 Å².